The average molecular weight is 288 g/mol. The van der Waals surface area contributed by atoms with Crippen molar-refractivity contribution < 1.29 is 9.53 Å². The Labute approximate surface area is 124 Å². The Bertz CT molecular complexity index is 507. The summed E-state index contributed by atoms with van der Waals surface area (Å²) in [4.78, 5) is 14.1. The summed E-state index contributed by atoms with van der Waals surface area (Å²) in [7, 11) is 0. The van der Waals surface area contributed by atoms with Crippen LogP contribution in [0.25, 0.3) is 0 Å². The fourth-order valence-corrected chi connectivity index (χ4v) is 2.15. The van der Waals surface area contributed by atoms with Crippen molar-refractivity contribution in [2.75, 3.05) is 51.3 Å². The fourth-order valence-electron chi connectivity index (χ4n) is 2.15. The smallest absolute Gasteiger partial charge is 0.238 e. The number of benzene rings is 1. The van der Waals surface area contributed by atoms with Crippen LogP contribution in [0.15, 0.2) is 24.3 Å². The van der Waals surface area contributed by atoms with Gasteiger partial charge >= 0.3 is 0 Å². The minimum Gasteiger partial charge on any atom is -0.379 e. The summed E-state index contributed by atoms with van der Waals surface area (Å²) >= 11 is 0. The predicted octanol–water partition coefficient (Wildman–Crippen LogP) is 0.419. The van der Waals surface area contributed by atoms with Gasteiger partial charge in [0, 0.05) is 26.2 Å². The van der Waals surface area contributed by atoms with Crippen LogP contribution in [0.3, 0.4) is 0 Å². The molecule has 0 bridgehead atoms. The third-order valence-electron chi connectivity index (χ3n) is 3.32. The number of carbonyl (C=O) groups excluding carboxylic acids is 1. The highest BCUT2D eigenvalue weighted by Gasteiger charge is 2.10. The van der Waals surface area contributed by atoms with Gasteiger partial charge < -0.3 is 15.4 Å². The van der Waals surface area contributed by atoms with E-state index in [0.717, 1.165) is 39.4 Å². The first-order valence-electron chi connectivity index (χ1n) is 7.09. The van der Waals surface area contributed by atoms with Crippen molar-refractivity contribution in [3.8, 4) is 6.07 Å². The second kappa shape index (κ2) is 8.37. The van der Waals surface area contributed by atoms with Crippen molar-refractivity contribution in [3.05, 3.63) is 29.8 Å². The number of rotatable bonds is 6. The van der Waals surface area contributed by atoms with Crippen LogP contribution in [0.2, 0.25) is 0 Å². The zero-order chi connectivity index (χ0) is 14.9. The third-order valence-corrected chi connectivity index (χ3v) is 3.32. The van der Waals surface area contributed by atoms with Crippen molar-refractivity contribution in [2.24, 2.45) is 0 Å². The second-order valence-electron chi connectivity index (χ2n) is 4.84. The molecular weight excluding hydrogens is 268 g/mol. The number of anilines is 1. The average Bonchev–Trinajstić information content (AvgIpc) is 2.53. The van der Waals surface area contributed by atoms with Crippen LogP contribution in [-0.4, -0.2) is 56.7 Å². The molecule has 1 aliphatic heterocycles. The van der Waals surface area contributed by atoms with Gasteiger partial charge in [0.1, 0.15) is 6.07 Å². The van der Waals surface area contributed by atoms with Crippen LogP contribution in [0, 0.1) is 11.3 Å². The maximum Gasteiger partial charge on any atom is 0.238 e. The van der Waals surface area contributed by atoms with Gasteiger partial charge in [0.25, 0.3) is 0 Å². The largest absolute Gasteiger partial charge is 0.379 e. The Balaban J connectivity index is 1.66. The van der Waals surface area contributed by atoms with E-state index in [1.54, 1.807) is 24.3 Å². The number of nitrogens with zero attached hydrogens (tertiary/aromatic N) is 2. The van der Waals surface area contributed by atoms with Crippen molar-refractivity contribution >= 4 is 11.6 Å². The summed E-state index contributed by atoms with van der Waals surface area (Å²) in [5, 5.41) is 14.8. The minimum absolute atomic E-state index is 0.139. The lowest BCUT2D eigenvalue weighted by Crippen LogP contribution is -2.41. The number of nitrogens with one attached hydrogen (secondary N) is 2. The molecule has 0 aliphatic carbocycles. The number of morpholine rings is 1. The molecule has 1 heterocycles. The molecule has 1 aliphatic rings. The molecule has 1 aromatic carbocycles. The Morgan fingerprint density at radius 1 is 1.33 bits per heavy atom. The third kappa shape index (κ3) is 5.16. The molecule has 0 aromatic heterocycles. The molecule has 0 unspecified atom stereocenters. The second-order valence-corrected chi connectivity index (χ2v) is 4.84. The molecule has 2 rings (SSSR count). The summed E-state index contributed by atoms with van der Waals surface area (Å²) in [6.45, 7) is 5.37. The monoisotopic (exact) mass is 288 g/mol. The van der Waals surface area contributed by atoms with Crippen LogP contribution in [-0.2, 0) is 9.53 Å². The highest BCUT2D eigenvalue weighted by atomic mass is 16.5. The molecule has 6 heteroatoms. The first-order chi connectivity index (χ1) is 10.3. The number of nitriles is 1. The van der Waals surface area contributed by atoms with E-state index in [9.17, 15) is 4.79 Å². The normalized spacial score (nSPS) is 15.4. The van der Waals surface area contributed by atoms with Gasteiger partial charge in [0.2, 0.25) is 5.91 Å². The predicted molar refractivity (Wildman–Crippen MR) is 79.9 cm³/mol. The molecule has 21 heavy (non-hydrogen) atoms. The molecule has 6 nitrogen and oxygen atoms in total. The molecule has 0 saturated carbocycles. The van der Waals surface area contributed by atoms with E-state index in [1.165, 1.54) is 0 Å². The van der Waals surface area contributed by atoms with Crippen LogP contribution >= 0.6 is 0 Å². The van der Waals surface area contributed by atoms with Gasteiger partial charge in [0.05, 0.1) is 31.0 Å². The quantitative estimate of drug-likeness (QED) is 0.742. The number of ether oxygens (including phenoxy) is 1. The SMILES string of the molecule is N#Cc1ccccc1NC(=O)CNCCN1CCOCC1. The van der Waals surface area contributed by atoms with Crippen LogP contribution in [0.4, 0.5) is 5.69 Å². The lowest BCUT2D eigenvalue weighted by atomic mass is 10.2. The van der Waals surface area contributed by atoms with E-state index >= 15 is 0 Å². The summed E-state index contributed by atoms with van der Waals surface area (Å²) < 4.78 is 5.28. The molecule has 112 valence electrons. The number of para-hydroxylation sites is 1. The van der Waals surface area contributed by atoms with Crippen LogP contribution in [0.5, 0.6) is 0 Å². The van der Waals surface area contributed by atoms with Gasteiger partial charge in [-0.3, -0.25) is 9.69 Å². The van der Waals surface area contributed by atoms with E-state index < -0.39 is 0 Å². The number of hydrogen-bond donors (Lipinski definition) is 2. The van der Waals surface area contributed by atoms with Gasteiger partial charge in [-0.25, -0.2) is 0 Å². The highest BCUT2D eigenvalue weighted by Crippen LogP contribution is 2.12. The lowest BCUT2D eigenvalue weighted by molar-refractivity contribution is -0.115. The van der Waals surface area contributed by atoms with E-state index in [-0.39, 0.29) is 12.5 Å². The zero-order valence-electron chi connectivity index (χ0n) is 12.0. The maximum atomic E-state index is 11.8. The molecule has 2 N–H and O–H groups in total. The first-order valence-corrected chi connectivity index (χ1v) is 7.09. The van der Waals surface area contributed by atoms with Gasteiger partial charge in [0.15, 0.2) is 0 Å². The first kappa shape index (κ1) is 15.4. The summed E-state index contributed by atoms with van der Waals surface area (Å²) in [5.74, 6) is -0.139. The molecule has 1 aromatic rings. The lowest BCUT2D eigenvalue weighted by Gasteiger charge is -2.26. The van der Waals surface area contributed by atoms with Crippen molar-refractivity contribution in [1.29, 1.82) is 5.26 Å². The van der Waals surface area contributed by atoms with E-state index in [4.69, 9.17) is 10.00 Å². The topological polar surface area (TPSA) is 77.4 Å². The Kier molecular flexibility index (Phi) is 6.16. The number of amides is 1. The Morgan fingerprint density at radius 2 is 2.10 bits per heavy atom. The summed E-state index contributed by atoms with van der Waals surface area (Å²) in [6.07, 6.45) is 0. The van der Waals surface area contributed by atoms with Crippen LogP contribution in [0.1, 0.15) is 5.56 Å². The Morgan fingerprint density at radius 3 is 2.86 bits per heavy atom. The maximum absolute atomic E-state index is 11.8. The standard InChI is InChI=1S/C15H20N4O2/c16-11-13-3-1-2-4-14(13)18-15(20)12-17-5-6-19-7-9-21-10-8-19/h1-4,17H,5-10,12H2,(H,18,20). The van der Waals surface area contributed by atoms with Gasteiger partial charge in [-0.05, 0) is 12.1 Å². The molecule has 0 spiro atoms. The van der Waals surface area contributed by atoms with E-state index in [2.05, 4.69) is 21.6 Å². The summed E-state index contributed by atoms with van der Waals surface area (Å²) in [6, 6.07) is 9.03. The van der Waals surface area contributed by atoms with Gasteiger partial charge in [-0.2, -0.15) is 5.26 Å². The molecule has 1 fully saturated rings. The van der Waals surface area contributed by atoms with Crippen molar-refractivity contribution in [1.82, 2.24) is 10.2 Å². The molecule has 1 saturated heterocycles. The van der Waals surface area contributed by atoms with Crippen molar-refractivity contribution in [3.63, 3.8) is 0 Å². The van der Waals surface area contributed by atoms with Crippen LogP contribution < -0.4 is 10.6 Å². The van der Waals surface area contributed by atoms with Gasteiger partial charge in [-0.15, -0.1) is 0 Å². The number of hydrogen-bond acceptors (Lipinski definition) is 5. The summed E-state index contributed by atoms with van der Waals surface area (Å²) in [5.41, 5.74) is 1.03. The zero-order valence-corrected chi connectivity index (χ0v) is 12.0. The minimum atomic E-state index is -0.139. The van der Waals surface area contributed by atoms with Crippen molar-refractivity contribution in [2.45, 2.75) is 0 Å². The molecule has 1 amide bonds. The highest BCUT2D eigenvalue weighted by molar-refractivity contribution is 5.93. The van der Waals surface area contributed by atoms with Gasteiger partial charge in [-0.1, -0.05) is 12.1 Å². The molecular formula is C15H20N4O2. The number of carbonyl (C=O) groups is 1. The Hall–Kier alpha value is -1.94. The molecule has 0 atom stereocenters. The van der Waals surface area contributed by atoms with E-state index in [0.29, 0.717) is 11.3 Å². The van der Waals surface area contributed by atoms with E-state index in [1.807, 2.05) is 0 Å². The fraction of sp³-hybridized carbons (Fsp3) is 0.467. The molecule has 0 radical (unpaired) electrons.